The number of amides is 1. The number of carbonyl (C=O) groups excluding carboxylic acids is 1. The Hall–Kier alpha value is -0.870. The number of rotatable bonds is 2. The van der Waals surface area contributed by atoms with Gasteiger partial charge in [0, 0.05) is 24.0 Å². The van der Waals surface area contributed by atoms with E-state index >= 15 is 0 Å². The molecule has 2 unspecified atom stereocenters. The zero-order valence-corrected chi connectivity index (χ0v) is 13.2. The average molecular weight is 326 g/mol. The number of hydrogen-bond donors (Lipinski definition) is 0. The van der Waals surface area contributed by atoms with E-state index in [1.165, 1.54) is 5.56 Å². The van der Waals surface area contributed by atoms with E-state index < -0.39 is 0 Å². The second kappa shape index (κ2) is 6.06. The molecule has 0 N–H and O–H groups in total. The van der Waals surface area contributed by atoms with Crippen molar-refractivity contribution in [2.45, 2.75) is 33.0 Å². The summed E-state index contributed by atoms with van der Waals surface area (Å²) in [5.74, 6) is 0.110. The number of hydrogen-bond acceptors (Lipinski definition) is 2. The summed E-state index contributed by atoms with van der Waals surface area (Å²) in [4.78, 5) is 14.5. The van der Waals surface area contributed by atoms with Crippen molar-refractivity contribution in [2.24, 2.45) is 0 Å². The van der Waals surface area contributed by atoms with E-state index in [2.05, 4.69) is 22.0 Å². The summed E-state index contributed by atoms with van der Waals surface area (Å²) < 4.78 is 5.76. The quantitative estimate of drug-likeness (QED) is 0.782. The van der Waals surface area contributed by atoms with Gasteiger partial charge in [-0.3, -0.25) is 4.79 Å². The zero-order valence-electron chi connectivity index (χ0n) is 11.6. The summed E-state index contributed by atoms with van der Waals surface area (Å²) in [6.07, 6.45) is 0.171. The molecule has 1 heterocycles. The molecule has 3 nitrogen and oxygen atoms in total. The monoisotopic (exact) mass is 325 g/mol. The third-order valence-corrected chi connectivity index (χ3v) is 4.12. The van der Waals surface area contributed by atoms with E-state index in [1.54, 1.807) is 0 Å². The predicted molar refractivity (Wildman–Crippen MR) is 79.9 cm³/mol. The van der Waals surface area contributed by atoms with Crippen LogP contribution in [0.15, 0.2) is 18.2 Å². The van der Waals surface area contributed by atoms with Gasteiger partial charge in [0.15, 0.2) is 0 Å². The second-order valence-electron chi connectivity index (χ2n) is 5.25. The van der Waals surface area contributed by atoms with Crippen molar-refractivity contribution in [1.29, 1.82) is 0 Å². The fraction of sp³-hybridized carbons (Fsp3) is 0.533. The highest BCUT2D eigenvalue weighted by Gasteiger charge is 2.28. The van der Waals surface area contributed by atoms with Gasteiger partial charge in [0.05, 0.1) is 12.2 Å². The van der Waals surface area contributed by atoms with Crippen LogP contribution >= 0.6 is 15.9 Å². The van der Waals surface area contributed by atoms with Crippen molar-refractivity contribution in [2.75, 3.05) is 18.4 Å². The molecule has 2 rings (SSSR count). The number of morpholine rings is 1. The molecule has 2 atom stereocenters. The van der Waals surface area contributed by atoms with Crippen molar-refractivity contribution >= 4 is 21.8 Å². The van der Waals surface area contributed by atoms with Crippen LogP contribution in [0.25, 0.3) is 0 Å². The minimum absolute atomic E-state index is 0.0819. The van der Waals surface area contributed by atoms with Crippen LogP contribution in [-0.2, 0) is 4.74 Å². The summed E-state index contributed by atoms with van der Waals surface area (Å²) in [5.41, 5.74) is 3.02. The maximum Gasteiger partial charge on any atom is 0.254 e. The van der Waals surface area contributed by atoms with Crippen LogP contribution in [0.5, 0.6) is 0 Å². The van der Waals surface area contributed by atoms with Crippen LogP contribution in [0.1, 0.15) is 28.4 Å². The Morgan fingerprint density at radius 1 is 1.42 bits per heavy atom. The van der Waals surface area contributed by atoms with Crippen molar-refractivity contribution < 1.29 is 9.53 Å². The number of aryl methyl sites for hydroxylation is 2. The summed E-state index contributed by atoms with van der Waals surface area (Å²) in [6.45, 7) is 7.36. The lowest BCUT2D eigenvalue weighted by molar-refractivity contribution is -0.0559. The van der Waals surface area contributed by atoms with Gasteiger partial charge in [-0.05, 0) is 32.4 Å². The first-order chi connectivity index (χ1) is 9.01. The molecular weight excluding hydrogens is 306 g/mol. The highest BCUT2D eigenvalue weighted by Crippen LogP contribution is 2.18. The molecule has 1 saturated heterocycles. The molecule has 1 aliphatic rings. The first-order valence-electron chi connectivity index (χ1n) is 6.59. The molecule has 1 aromatic rings. The van der Waals surface area contributed by atoms with Crippen molar-refractivity contribution in [3.63, 3.8) is 0 Å². The summed E-state index contributed by atoms with van der Waals surface area (Å²) in [7, 11) is 0. The first-order valence-corrected chi connectivity index (χ1v) is 7.71. The van der Waals surface area contributed by atoms with Crippen LogP contribution in [0.2, 0.25) is 0 Å². The van der Waals surface area contributed by atoms with Gasteiger partial charge in [-0.25, -0.2) is 0 Å². The molecule has 0 radical (unpaired) electrons. The lowest BCUT2D eigenvalue weighted by Crippen LogP contribution is -2.49. The minimum atomic E-state index is 0.0819. The third-order valence-electron chi connectivity index (χ3n) is 3.40. The highest BCUT2D eigenvalue weighted by atomic mass is 79.9. The van der Waals surface area contributed by atoms with Crippen LogP contribution < -0.4 is 0 Å². The molecule has 0 saturated carbocycles. The van der Waals surface area contributed by atoms with Gasteiger partial charge in [0.2, 0.25) is 0 Å². The third kappa shape index (κ3) is 3.37. The van der Waals surface area contributed by atoms with E-state index in [-0.39, 0.29) is 18.1 Å². The zero-order chi connectivity index (χ0) is 14.0. The molecule has 1 fully saturated rings. The normalized spacial score (nSPS) is 23.5. The van der Waals surface area contributed by atoms with Gasteiger partial charge in [-0.1, -0.05) is 33.6 Å². The van der Waals surface area contributed by atoms with Gasteiger partial charge in [-0.2, -0.15) is 0 Å². The molecule has 0 spiro atoms. The molecule has 104 valence electrons. The van der Waals surface area contributed by atoms with Crippen molar-refractivity contribution in [1.82, 2.24) is 4.90 Å². The lowest BCUT2D eigenvalue weighted by atomic mass is 10.0. The summed E-state index contributed by atoms with van der Waals surface area (Å²) in [6, 6.07) is 5.97. The van der Waals surface area contributed by atoms with Gasteiger partial charge >= 0.3 is 0 Å². The Kier molecular flexibility index (Phi) is 4.63. The standard InChI is InChI=1S/C15H20BrNO2/c1-10-4-5-14(11(2)6-10)15(18)17-8-12(3)19-13(7-16)9-17/h4-6,12-13H,7-9H2,1-3H3. The molecule has 0 bridgehead atoms. The van der Waals surface area contributed by atoms with E-state index in [4.69, 9.17) is 4.74 Å². The van der Waals surface area contributed by atoms with E-state index in [9.17, 15) is 4.79 Å². The molecule has 1 aromatic carbocycles. The lowest BCUT2D eigenvalue weighted by Gasteiger charge is -2.36. The number of carbonyl (C=O) groups is 1. The smallest absolute Gasteiger partial charge is 0.254 e. The Bertz CT molecular complexity index is 475. The number of benzene rings is 1. The average Bonchev–Trinajstić information content (AvgIpc) is 2.37. The number of nitrogens with zero attached hydrogens (tertiary/aromatic N) is 1. The largest absolute Gasteiger partial charge is 0.371 e. The SMILES string of the molecule is Cc1ccc(C(=O)N2CC(C)OC(CBr)C2)c(C)c1. The maximum atomic E-state index is 12.6. The molecule has 4 heteroatoms. The molecule has 19 heavy (non-hydrogen) atoms. The van der Waals surface area contributed by atoms with Crippen LogP contribution in [0.4, 0.5) is 0 Å². The van der Waals surface area contributed by atoms with E-state index in [0.717, 1.165) is 16.5 Å². The molecule has 1 amide bonds. The molecular formula is C15H20BrNO2. The van der Waals surface area contributed by atoms with Crippen molar-refractivity contribution in [3.8, 4) is 0 Å². The number of halogens is 1. The van der Waals surface area contributed by atoms with E-state index in [0.29, 0.717) is 13.1 Å². The minimum Gasteiger partial charge on any atom is -0.371 e. The van der Waals surface area contributed by atoms with Gasteiger partial charge in [0.1, 0.15) is 0 Å². The highest BCUT2D eigenvalue weighted by molar-refractivity contribution is 9.09. The van der Waals surface area contributed by atoms with Gasteiger partial charge in [0.25, 0.3) is 5.91 Å². The Morgan fingerprint density at radius 3 is 2.79 bits per heavy atom. The predicted octanol–water partition coefficient (Wildman–Crippen LogP) is 2.93. The maximum absolute atomic E-state index is 12.6. The molecule has 0 aromatic heterocycles. The Morgan fingerprint density at radius 2 is 2.16 bits per heavy atom. The van der Waals surface area contributed by atoms with E-state index in [1.807, 2.05) is 37.8 Å². The molecule has 1 aliphatic heterocycles. The Labute approximate surface area is 123 Å². The van der Waals surface area contributed by atoms with Crippen molar-refractivity contribution in [3.05, 3.63) is 34.9 Å². The van der Waals surface area contributed by atoms with Crippen LogP contribution in [-0.4, -0.2) is 41.4 Å². The molecule has 0 aliphatic carbocycles. The van der Waals surface area contributed by atoms with Gasteiger partial charge < -0.3 is 9.64 Å². The van der Waals surface area contributed by atoms with Crippen LogP contribution in [0, 0.1) is 13.8 Å². The first kappa shape index (κ1) is 14.5. The second-order valence-corrected chi connectivity index (χ2v) is 5.90. The topological polar surface area (TPSA) is 29.5 Å². The Balaban J connectivity index is 2.18. The van der Waals surface area contributed by atoms with Gasteiger partial charge in [-0.15, -0.1) is 0 Å². The number of ether oxygens (including phenoxy) is 1. The van der Waals surface area contributed by atoms with Crippen LogP contribution in [0.3, 0.4) is 0 Å². The fourth-order valence-electron chi connectivity index (χ4n) is 2.52. The fourth-order valence-corrected chi connectivity index (χ4v) is 2.88. The summed E-state index contributed by atoms with van der Waals surface area (Å²) in [5, 5.41) is 0.758. The number of alkyl halides is 1. The summed E-state index contributed by atoms with van der Waals surface area (Å²) >= 11 is 3.43.